The Bertz CT molecular complexity index is 1150. The van der Waals surface area contributed by atoms with Crippen LogP contribution in [0.5, 0.6) is 0 Å². The first kappa shape index (κ1) is 30.0. The zero-order chi connectivity index (χ0) is 29.3. The van der Waals surface area contributed by atoms with Crippen LogP contribution in [0.2, 0.25) is 0 Å². The van der Waals surface area contributed by atoms with E-state index >= 15 is 0 Å². The van der Waals surface area contributed by atoms with Gasteiger partial charge in [0, 0.05) is 5.56 Å². The first-order chi connectivity index (χ1) is 20.2. The quantitative estimate of drug-likeness (QED) is 0.344. The smallest absolute Gasteiger partial charge is 0.220 e. The lowest BCUT2D eigenvalue weighted by molar-refractivity contribution is -0.446. The Hall–Kier alpha value is -2.00. The number of aliphatic hydroxyl groups is 1. The molecule has 0 aliphatic carbocycles. The van der Waals surface area contributed by atoms with Crippen molar-refractivity contribution in [3.8, 4) is 0 Å². The predicted octanol–water partition coefficient (Wildman–Crippen LogP) is 3.39. The molecule has 2 aromatic rings. The lowest BCUT2D eigenvalue weighted by Gasteiger charge is -2.47. The van der Waals surface area contributed by atoms with Crippen LogP contribution in [-0.2, 0) is 54.3 Å². The van der Waals surface area contributed by atoms with Crippen molar-refractivity contribution in [2.75, 3.05) is 19.8 Å². The van der Waals surface area contributed by atoms with Gasteiger partial charge in [-0.15, -0.1) is 0 Å². The van der Waals surface area contributed by atoms with Crippen molar-refractivity contribution in [2.45, 2.75) is 101 Å². The third-order valence-electron chi connectivity index (χ3n) is 7.68. The molecule has 4 aliphatic rings. The van der Waals surface area contributed by atoms with Crippen molar-refractivity contribution >= 4 is 0 Å². The van der Waals surface area contributed by atoms with Gasteiger partial charge in [0.05, 0.1) is 19.8 Å². The van der Waals surface area contributed by atoms with E-state index in [1.807, 2.05) is 88.4 Å². The molecule has 0 amide bonds. The highest BCUT2D eigenvalue weighted by molar-refractivity contribution is 5.17. The Kier molecular flexibility index (Phi) is 8.97. The lowest BCUT2D eigenvalue weighted by atomic mass is 9.97. The van der Waals surface area contributed by atoms with Gasteiger partial charge >= 0.3 is 0 Å². The van der Waals surface area contributed by atoms with Gasteiger partial charge in [0.2, 0.25) is 6.29 Å². The van der Waals surface area contributed by atoms with Gasteiger partial charge in [-0.3, -0.25) is 0 Å². The fourth-order valence-corrected chi connectivity index (χ4v) is 5.74. The molecule has 0 aromatic heterocycles. The summed E-state index contributed by atoms with van der Waals surface area (Å²) in [5.74, 6) is -1.55. The fraction of sp³-hybridized carbons (Fsp3) is 0.613. The van der Waals surface area contributed by atoms with Crippen LogP contribution in [-0.4, -0.2) is 85.5 Å². The number of hydrogen-bond donors (Lipinski definition) is 1. The monoisotopic (exact) mass is 588 g/mol. The molecule has 0 saturated carbocycles. The van der Waals surface area contributed by atoms with Crippen LogP contribution in [0.25, 0.3) is 0 Å². The predicted molar refractivity (Wildman–Crippen MR) is 145 cm³/mol. The summed E-state index contributed by atoms with van der Waals surface area (Å²) < 4.78 is 48.6. The molecular weight excluding hydrogens is 548 g/mol. The van der Waals surface area contributed by atoms with Gasteiger partial charge in [0.1, 0.15) is 49.3 Å². The summed E-state index contributed by atoms with van der Waals surface area (Å²) in [4.78, 5) is 11.3. The summed E-state index contributed by atoms with van der Waals surface area (Å²) in [6.45, 7) is 8.23. The second-order valence-electron chi connectivity index (χ2n) is 11.9. The molecular formula is C31H40O11. The summed E-state index contributed by atoms with van der Waals surface area (Å²) in [6.07, 6.45) is -6.23. The second kappa shape index (κ2) is 12.5. The molecule has 11 heteroatoms. The zero-order valence-corrected chi connectivity index (χ0v) is 24.3. The number of rotatable bonds is 9. The Morgan fingerprint density at radius 1 is 0.810 bits per heavy atom. The van der Waals surface area contributed by atoms with Crippen LogP contribution in [0.1, 0.15) is 45.1 Å². The summed E-state index contributed by atoms with van der Waals surface area (Å²) in [5, 5.41) is 11.4. The molecule has 11 nitrogen and oxygen atoms in total. The Morgan fingerprint density at radius 3 is 2.26 bits per heavy atom. The number of benzene rings is 2. The third kappa shape index (κ3) is 6.87. The van der Waals surface area contributed by atoms with Crippen LogP contribution in [0.4, 0.5) is 0 Å². The first-order valence-electron chi connectivity index (χ1n) is 14.4. The van der Waals surface area contributed by atoms with Crippen LogP contribution in [0.3, 0.4) is 0 Å². The molecule has 9 atom stereocenters. The average Bonchev–Trinajstić information content (AvgIpc) is 3.50. The molecule has 2 aromatic carbocycles. The van der Waals surface area contributed by atoms with Gasteiger partial charge in [-0.05, 0) is 33.3 Å². The van der Waals surface area contributed by atoms with E-state index in [0.29, 0.717) is 6.61 Å². The van der Waals surface area contributed by atoms with Gasteiger partial charge in [0.25, 0.3) is 0 Å². The van der Waals surface area contributed by atoms with Crippen LogP contribution < -0.4 is 0 Å². The van der Waals surface area contributed by atoms with Gasteiger partial charge in [-0.25, -0.2) is 9.78 Å². The number of hydrogen-bond acceptors (Lipinski definition) is 11. The molecule has 1 unspecified atom stereocenters. The van der Waals surface area contributed by atoms with Crippen LogP contribution >= 0.6 is 0 Å². The largest absolute Gasteiger partial charge is 0.385 e. The van der Waals surface area contributed by atoms with Crippen LogP contribution in [0, 0.1) is 0 Å². The van der Waals surface area contributed by atoms with Gasteiger partial charge < -0.3 is 43.0 Å². The van der Waals surface area contributed by atoms with E-state index in [4.69, 9.17) is 47.7 Å². The summed E-state index contributed by atoms with van der Waals surface area (Å²) in [5.41, 5.74) is 1.83. The van der Waals surface area contributed by atoms with E-state index in [0.717, 1.165) is 11.1 Å². The summed E-state index contributed by atoms with van der Waals surface area (Å²) >= 11 is 0. The van der Waals surface area contributed by atoms with Crippen molar-refractivity contribution in [3.05, 3.63) is 71.8 Å². The van der Waals surface area contributed by atoms with Gasteiger partial charge in [-0.2, -0.15) is 0 Å². The molecule has 6 rings (SSSR count). The Labute approximate surface area is 245 Å². The van der Waals surface area contributed by atoms with Crippen molar-refractivity contribution < 1.29 is 52.8 Å². The molecule has 1 N–H and O–H groups in total. The minimum absolute atomic E-state index is 0.00762. The van der Waals surface area contributed by atoms with Gasteiger partial charge in [0.15, 0.2) is 17.9 Å². The number of fused-ring (bicyclic) bond motifs is 1. The van der Waals surface area contributed by atoms with E-state index in [1.165, 1.54) is 0 Å². The molecule has 42 heavy (non-hydrogen) atoms. The van der Waals surface area contributed by atoms with Crippen molar-refractivity contribution in [1.29, 1.82) is 0 Å². The molecule has 0 radical (unpaired) electrons. The Balaban J connectivity index is 1.11. The topological polar surface area (TPSA) is 113 Å². The molecule has 4 aliphatic heterocycles. The molecule has 4 fully saturated rings. The fourth-order valence-electron chi connectivity index (χ4n) is 5.74. The minimum Gasteiger partial charge on any atom is -0.385 e. The highest BCUT2D eigenvalue weighted by Crippen LogP contribution is 2.38. The van der Waals surface area contributed by atoms with Crippen molar-refractivity contribution in [2.24, 2.45) is 0 Å². The average molecular weight is 589 g/mol. The molecule has 0 bridgehead atoms. The first-order valence-corrected chi connectivity index (χ1v) is 14.4. The molecule has 0 spiro atoms. The normalized spacial score (nSPS) is 37.4. The third-order valence-corrected chi connectivity index (χ3v) is 7.68. The molecule has 4 saturated heterocycles. The maximum atomic E-state index is 11.4. The maximum absolute atomic E-state index is 11.4. The highest BCUT2D eigenvalue weighted by atomic mass is 17.2. The van der Waals surface area contributed by atoms with E-state index in [9.17, 15) is 5.11 Å². The number of aliphatic hydroxyl groups excluding tert-OH is 1. The maximum Gasteiger partial charge on any atom is 0.220 e. The SMILES string of the molecule is CC1(C)OC[C@@H]([C@H]2OC(C)(C)O[C@@H]2COO[C@@H]2O[C@@H]3COC(c4ccccc4)O[C@H]3[C@H](OCc3ccccc3)[C@@H]2O)O1. The van der Waals surface area contributed by atoms with Crippen molar-refractivity contribution in [3.63, 3.8) is 0 Å². The lowest BCUT2D eigenvalue weighted by Crippen LogP contribution is -2.63. The van der Waals surface area contributed by atoms with E-state index in [2.05, 4.69) is 0 Å². The zero-order valence-electron chi connectivity index (χ0n) is 24.3. The van der Waals surface area contributed by atoms with Crippen molar-refractivity contribution in [1.82, 2.24) is 0 Å². The minimum atomic E-state index is -1.22. The second-order valence-corrected chi connectivity index (χ2v) is 11.9. The highest BCUT2D eigenvalue weighted by Gasteiger charge is 2.52. The number of ether oxygens (including phenoxy) is 8. The van der Waals surface area contributed by atoms with E-state index in [-0.39, 0.29) is 25.9 Å². The molecule has 230 valence electrons. The van der Waals surface area contributed by atoms with E-state index in [1.54, 1.807) is 0 Å². The standard InChI is InChI=1S/C31H40O11/c1-30(2)35-17-22(39-30)25-23(40-31(3,4)41-25)18-36-42-29-24(32)27(33-15-19-11-7-5-8-12-19)26-21(37-29)16-34-28(38-26)20-13-9-6-10-14-20/h5-14,21-29,32H,15-18H2,1-4H3/t21-,22+,23-,24+,25-,26-,27-,28?,29+/m1/s1. The van der Waals surface area contributed by atoms with Gasteiger partial charge in [-0.1, -0.05) is 60.7 Å². The summed E-state index contributed by atoms with van der Waals surface area (Å²) in [6, 6.07) is 19.3. The Morgan fingerprint density at radius 2 is 1.55 bits per heavy atom. The van der Waals surface area contributed by atoms with E-state index < -0.39 is 60.8 Å². The summed E-state index contributed by atoms with van der Waals surface area (Å²) in [7, 11) is 0. The molecule has 4 heterocycles. The van der Waals surface area contributed by atoms with Crippen LogP contribution in [0.15, 0.2) is 60.7 Å².